The lowest BCUT2D eigenvalue weighted by Crippen LogP contribution is -2.30. The van der Waals surface area contributed by atoms with Crippen molar-refractivity contribution >= 4 is 23.2 Å². The van der Waals surface area contributed by atoms with Crippen molar-refractivity contribution in [2.75, 3.05) is 0 Å². The van der Waals surface area contributed by atoms with Gasteiger partial charge in [-0.25, -0.2) is 4.98 Å². The third-order valence-corrected chi connectivity index (χ3v) is 3.38. The van der Waals surface area contributed by atoms with Crippen LogP contribution in [0, 0.1) is 0 Å². The van der Waals surface area contributed by atoms with Crippen LogP contribution in [-0.2, 0) is 20.7 Å². The summed E-state index contributed by atoms with van der Waals surface area (Å²) in [6, 6.07) is 5.53. The molecule has 2 aromatic rings. The van der Waals surface area contributed by atoms with Crippen molar-refractivity contribution < 1.29 is 14.3 Å². The minimum absolute atomic E-state index is 0.000946. The van der Waals surface area contributed by atoms with E-state index >= 15 is 0 Å². The Bertz CT molecular complexity index is 612. The molecule has 2 heterocycles. The maximum Gasteiger partial charge on any atom is 0.312 e. The summed E-state index contributed by atoms with van der Waals surface area (Å²) in [4.78, 5) is 30.9. The number of rotatable bonds is 5. The zero-order valence-electron chi connectivity index (χ0n) is 10.8. The number of carbonyl (C=O) groups is 2. The van der Waals surface area contributed by atoms with Crippen LogP contribution in [-0.4, -0.2) is 27.9 Å². The highest BCUT2D eigenvalue weighted by Crippen LogP contribution is 2.21. The van der Waals surface area contributed by atoms with Crippen LogP contribution < -0.4 is 5.73 Å². The molecule has 2 aromatic heterocycles. The fourth-order valence-corrected chi connectivity index (χ4v) is 2.24. The zero-order chi connectivity index (χ0) is 14.5. The highest BCUT2D eigenvalue weighted by molar-refractivity contribution is 7.13. The van der Waals surface area contributed by atoms with Gasteiger partial charge >= 0.3 is 5.97 Å². The molecule has 0 fully saturated rings. The van der Waals surface area contributed by atoms with E-state index in [0.717, 1.165) is 10.7 Å². The molecule has 0 unspecified atom stereocenters. The van der Waals surface area contributed by atoms with E-state index < -0.39 is 18.0 Å². The lowest BCUT2D eigenvalue weighted by atomic mass is 10.3. The highest BCUT2D eigenvalue weighted by atomic mass is 32.1. The number of hydrogen-bond donors (Lipinski definition) is 1. The monoisotopic (exact) mass is 291 g/mol. The molecule has 1 atom stereocenters. The molecule has 2 N–H and O–H groups in total. The molecule has 0 spiro atoms. The van der Waals surface area contributed by atoms with Crippen molar-refractivity contribution in [3.8, 4) is 10.7 Å². The van der Waals surface area contributed by atoms with E-state index in [9.17, 15) is 9.59 Å². The molecular formula is C13H13N3O3S. The largest absolute Gasteiger partial charge is 0.452 e. The first-order chi connectivity index (χ1) is 9.56. The van der Waals surface area contributed by atoms with Gasteiger partial charge in [-0.3, -0.25) is 14.6 Å². The second-order valence-electron chi connectivity index (χ2n) is 4.07. The quantitative estimate of drug-likeness (QED) is 0.834. The summed E-state index contributed by atoms with van der Waals surface area (Å²) in [6.45, 7) is 1.43. The lowest BCUT2D eigenvalue weighted by Gasteiger charge is -2.08. The average molecular weight is 291 g/mol. The minimum atomic E-state index is -0.934. The Labute approximate surface area is 119 Å². The van der Waals surface area contributed by atoms with E-state index in [2.05, 4.69) is 9.97 Å². The maximum atomic E-state index is 11.6. The average Bonchev–Trinajstić information content (AvgIpc) is 2.88. The second-order valence-corrected chi connectivity index (χ2v) is 4.93. The number of aromatic nitrogens is 2. The van der Waals surface area contributed by atoms with Gasteiger partial charge in [0.1, 0.15) is 5.01 Å². The van der Waals surface area contributed by atoms with Crippen LogP contribution in [0.15, 0.2) is 29.8 Å². The Morgan fingerprint density at radius 2 is 2.25 bits per heavy atom. The van der Waals surface area contributed by atoms with E-state index in [-0.39, 0.29) is 6.42 Å². The molecule has 20 heavy (non-hydrogen) atoms. The van der Waals surface area contributed by atoms with Crippen LogP contribution in [0.4, 0.5) is 0 Å². The fraction of sp³-hybridized carbons (Fsp3) is 0.231. The maximum absolute atomic E-state index is 11.6. The van der Waals surface area contributed by atoms with Gasteiger partial charge in [-0.1, -0.05) is 6.07 Å². The summed E-state index contributed by atoms with van der Waals surface area (Å²) >= 11 is 1.40. The Morgan fingerprint density at radius 1 is 1.45 bits per heavy atom. The molecule has 104 valence electrons. The SMILES string of the molecule is C[C@@H](OC(=O)Cc1csc(-c2ccccn2)n1)C(N)=O. The van der Waals surface area contributed by atoms with Gasteiger partial charge in [0, 0.05) is 11.6 Å². The predicted octanol–water partition coefficient (Wildman–Crippen LogP) is 1.16. The molecule has 0 aliphatic carbocycles. The van der Waals surface area contributed by atoms with Gasteiger partial charge in [0.15, 0.2) is 6.10 Å². The molecule has 0 aliphatic heterocycles. The number of amides is 1. The van der Waals surface area contributed by atoms with E-state index in [1.54, 1.807) is 11.6 Å². The molecule has 0 aromatic carbocycles. The number of carbonyl (C=O) groups excluding carboxylic acids is 2. The number of nitrogens with zero attached hydrogens (tertiary/aromatic N) is 2. The first kappa shape index (κ1) is 14.1. The standard InChI is InChI=1S/C13H13N3O3S/c1-8(12(14)18)19-11(17)6-9-7-20-13(16-9)10-4-2-3-5-15-10/h2-5,7-8H,6H2,1H3,(H2,14,18)/t8-/m1/s1. The Hall–Kier alpha value is -2.28. The van der Waals surface area contributed by atoms with Gasteiger partial charge in [-0.2, -0.15) is 0 Å². The molecule has 0 saturated carbocycles. The van der Waals surface area contributed by atoms with Crippen LogP contribution in [0.1, 0.15) is 12.6 Å². The van der Waals surface area contributed by atoms with Gasteiger partial charge < -0.3 is 10.5 Å². The molecule has 0 saturated heterocycles. The number of hydrogen-bond acceptors (Lipinski definition) is 6. The zero-order valence-corrected chi connectivity index (χ0v) is 11.6. The van der Waals surface area contributed by atoms with Gasteiger partial charge in [0.2, 0.25) is 0 Å². The first-order valence-electron chi connectivity index (χ1n) is 5.91. The van der Waals surface area contributed by atoms with E-state index in [1.165, 1.54) is 18.3 Å². The summed E-state index contributed by atoms with van der Waals surface area (Å²) in [5.74, 6) is -1.21. The summed E-state index contributed by atoms with van der Waals surface area (Å²) in [5, 5.41) is 2.50. The summed E-state index contributed by atoms with van der Waals surface area (Å²) in [7, 11) is 0. The van der Waals surface area contributed by atoms with Crippen LogP contribution >= 0.6 is 11.3 Å². The molecule has 1 amide bonds. The van der Waals surface area contributed by atoms with E-state index in [4.69, 9.17) is 10.5 Å². The number of pyridine rings is 1. The van der Waals surface area contributed by atoms with Gasteiger partial charge in [-0.15, -0.1) is 11.3 Å². The topological polar surface area (TPSA) is 95.2 Å². The molecular weight excluding hydrogens is 278 g/mol. The van der Waals surface area contributed by atoms with Crippen LogP contribution in [0.3, 0.4) is 0 Å². The second kappa shape index (κ2) is 6.25. The Kier molecular flexibility index (Phi) is 4.41. The molecule has 6 nitrogen and oxygen atoms in total. The molecule has 0 bridgehead atoms. The normalized spacial score (nSPS) is 11.8. The van der Waals surface area contributed by atoms with Crippen molar-refractivity contribution in [2.24, 2.45) is 5.73 Å². The summed E-state index contributed by atoms with van der Waals surface area (Å²) in [5.41, 5.74) is 6.35. The highest BCUT2D eigenvalue weighted by Gasteiger charge is 2.16. The van der Waals surface area contributed by atoms with Crippen molar-refractivity contribution in [2.45, 2.75) is 19.4 Å². The summed E-state index contributed by atoms with van der Waals surface area (Å²) < 4.78 is 4.87. The molecule has 7 heteroatoms. The van der Waals surface area contributed by atoms with Crippen molar-refractivity contribution in [3.63, 3.8) is 0 Å². The van der Waals surface area contributed by atoms with Crippen LogP contribution in [0.5, 0.6) is 0 Å². The van der Waals surface area contributed by atoms with Crippen molar-refractivity contribution in [1.82, 2.24) is 9.97 Å². The lowest BCUT2D eigenvalue weighted by molar-refractivity contribution is -0.153. The first-order valence-corrected chi connectivity index (χ1v) is 6.79. The smallest absolute Gasteiger partial charge is 0.312 e. The predicted molar refractivity (Wildman–Crippen MR) is 73.8 cm³/mol. The fourth-order valence-electron chi connectivity index (χ4n) is 1.44. The minimum Gasteiger partial charge on any atom is -0.452 e. The molecule has 0 radical (unpaired) electrons. The number of primary amides is 1. The number of esters is 1. The van der Waals surface area contributed by atoms with Crippen molar-refractivity contribution in [1.29, 1.82) is 0 Å². The number of nitrogens with two attached hydrogens (primary N) is 1. The number of ether oxygens (including phenoxy) is 1. The summed E-state index contributed by atoms with van der Waals surface area (Å²) in [6.07, 6.45) is 0.747. The van der Waals surface area contributed by atoms with E-state index in [1.807, 2.05) is 18.2 Å². The van der Waals surface area contributed by atoms with Gasteiger partial charge in [0.05, 0.1) is 17.8 Å². The third-order valence-electron chi connectivity index (χ3n) is 2.47. The van der Waals surface area contributed by atoms with Crippen molar-refractivity contribution in [3.05, 3.63) is 35.5 Å². The number of thiazole rings is 1. The molecule has 2 rings (SSSR count). The van der Waals surface area contributed by atoms with Crippen LogP contribution in [0.25, 0.3) is 10.7 Å². The Morgan fingerprint density at radius 3 is 2.90 bits per heavy atom. The van der Waals surface area contributed by atoms with Gasteiger partial charge in [0.25, 0.3) is 5.91 Å². The van der Waals surface area contributed by atoms with E-state index in [0.29, 0.717) is 5.69 Å². The van der Waals surface area contributed by atoms with Crippen LogP contribution in [0.2, 0.25) is 0 Å². The third kappa shape index (κ3) is 3.61. The van der Waals surface area contributed by atoms with Gasteiger partial charge in [-0.05, 0) is 19.1 Å². The molecule has 0 aliphatic rings. The Balaban J connectivity index is 2.00.